The van der Waals surface area contributed by atoms with E-state index in [-0.39, 0.29) is 0 Å². The van der Waals surface area contributed by atoms with Crippen LogP contribution in [0.1, 0.15) is 39.3 Å². The lowest BCUT2D eigenvalue weighted by atomic mass is 10.0. The third-order valence-corrected chi connectivity index (χ3v) is 7.08. The molecule has 1 N–H and O–H groups in total. The van der Waals surface area contributed by atoms with Crippen LogP contribution in [0.25, 0.3) is 16.6 Å². The molecule has 0 radical (unpaired) electrons. The standard InChI is InChI=1S/C34H34N4O2/c1-23-16-18-38-29(20-23)22-30(27-10-6-5-7-11-27)32(38)33(39)34(40)36-28-14-12-26(13-15-28)9-8-17-37(4)31-21-24(2)19-25(3)35-31/h5-7,10-16,18-22H,8-9,17H2,1-4H3,(H,36,40). The number of fused-ring (bicyclic) bond motifs is 1. The second kappa shape index (κ2) is 11.6. The van der Waals surface area contributed by atoms with Crippen molar-refractivity contribution < 1.29 is 9.59 Å². The van der Waals surface area contributed by atoms with Crippen molar-refractivity contribution in [2.24, 2.45) is 0 Å². The van der Waals surface area contributed by atoms with E-state index in [1.165, 1.54) is 11.1 Å². The predicted molar refractivity (Wildman–Crippen MR) is 162 cm³/mol. The van der Waals surface area contributed by atoms with Crippen molar-refractivity contribution in [2.75, 3.05) is 23.8 Å². The van der Waals surface area contributed by atoms with E-state index in [9.17, 15) is 9.59 Å². The monoisotopic (exact) mass is 530 g/mol. The summed E-state index contributed by atoms with van der Waals surface area (Å²) < 4.78 is 1.80. The average Bonchev–Trinajstić information content (AvgIpc) is 3.32. The van der Waals surface area contributed by atoms with Gasteiger partial charge in [0.1, 0.15) is 11.5 Å². The number of nitrogens with zero attached hydrogens (tertiary/aromatic N) is 3. The van der Waals surface area contributed by atoms with E-state index in [1.807, 2.05) is 92.8 Å². The summed E-state index contributed by atoms with van der Waals surface area (Å²) in [5, 5.41) is 2.80. The van der Waals surface area contributed by atoms with Crippen molar-refractivity contribution in [2.45, 2.75) is 33.6 Å². The van der Waals surface area contributed by atoms with E-state index >= 15 is 0 Å². The van der Waals surface area contributed by atoms with E-state index in [2.05, 4.69) is 41.3 Å². The fraction of sp³-hybridized carbons (Fsp3) is 0.206. The number of ketones is 1. The molecule has 0 spiro atoms. The van der Waals surface area contributed by atoms with Gasteiger partial charge < -0.3 is 14.6 Å². The first-order chi connectivity index (χ1) is 19.3. The molecule has 0 saturated carbocycles. The van der Waals surface area contributed by atoms with Crippen molar-refractivity contribution in [1.82, 2.24) is 9.38 Å². The van der Waals surface area contributed by atoms with Gasteiger partial charge in [-0.2, -0.15) is 0 Å². The zero-order chi connectivity index (χ0) is 28.2. The Labute approximate surface area is 235 Å². The normalized spacial score (nSPS) is 11.0. The maximum Gasteiger partial charge on any atom is 0.298 e. The molecule has 1 amide bonds. The van der Waals surface area contributed by atoms with E-state index in [0.29, 0.717) is 11.4 Å². The summed E-state index contributed by atoms with van der Waals surface area (Å²) in [5.41, 5.74) is 7.95. The second-order valence-electron chi connectivity index (χ2n) is 10.4. The van der Waals surface area contributed by atoms with Gasteiger partial charge in [-0.15, -0.1) is 0 Å². The Morgan fingerprint density at radius 3 is 2.35 bits per heavy atom. The lowest BCUT2D eigenvalue weighted by Gasteiger charge is -2.19. The number of hydrogen-bond donors (Lipinski definition) is 1. The van der Waals surface area contributed by atoms with Crippen molar-refractivity contribution >= 4 is 28.7 Å². The molecule has 5 aromatic rings. The Kier molecular flexibility index (Phi) is 7.78. The number of anilines is 2. The van der Waals surface area contributed by atoms with E-state index in [1.54, 1.807) is 4.40 Å². The molecule has 0 aliphatic rings. The molecule has 0 saturated heterocycles. The zero-order valence-corrected chi connectivity index (χ0v) is 23.4. The average molecular weight is 531 g/mol. The molecule has 0 aliphatic carbocycles. The van der Waals surface area contributed by atoms with Gasteiger partial charge in [-0.1, -0.05) is 42.5 Å². The number of rotatable bonds is 9. The minimum atomic E-state index is -0.659. The number of aromatic nitrogens is 2. The predicted octanol–water partition coefficient (Wildman–Crippen LogP) is 6.82. The lowest BCUT2D eigenvalue weighted by Crippen LogP contribution is -2.24. The highest BCUT2D eigenvalue weighted by Gasteiger charge is 2.25. The number of carbonyl (C=O) groups excluding carboxylic acids is 2. The van der Waals surface area contributed by atoms with Crippen LogP contribution in [0.3, 0.4) is 0 Å². The van der Waals surface area contributed by atoms with Gasteiger partial charge in [-0.05, 0) is 98.3 Å². The third-order valence-electron chi connectivity index (χ3n) is 7.08. The van der Waals surface area contributed by atoms with Crippen molar-refractivity contribution in [1.29, 1.82) is 0 Å². The van der Waals surface area contributed by atoms with Crippen LogP contribution in [-0.2, 0) is 11.2 Å². The van der Waals surface area contributed by atoms with Crippen molar-refractivity contribution in [3.05, 3.63) is 119 Å². The number of benzene rings is 2. The summed E-state index contributed by atoms with van der Waals surface area (Å²) in [4.78, 5) is 33.4. The van der Waals surface area contributed by atoms with Gasteiger partial charge in [0.2, 0.25) is 0 Å². The van der Waals surface area contributed by atoms with Crippen LogP contribution in [0.4, 0.5) is 11.5 Å². The molecule has 0 fully saturated rings. The fourth-order valence-corrected chi connectivity index (χ4v) is 5.06. The molecule has 2 aromatic carbocycles. The fourth-order valence-electron chi connectivity index (χ4n) is 5.06. The Morgan fingerprint density at radius 1 is 0.875 bits per heavy atom. The van der Waals surface area contributed by atoms with Gasteiger partial charge in [0.05, 0.1) is 0 Å². The summed E-state index contributed by atoms with van der Waals surface area (Å²) in [7, 11) is 2.06. The van der Waals surface area contributed by atoms with Crippen LogP contribution < -0.4 is 10.2 Å². The van der Waals surface area contributed by atoms with Crippen LogP contribution in [-0.4, -0.2) is 34.7 Å². The highest BCUT2D eigenvalue weighted by atomic mass is 16.2. The molecule has 0 aliphatic heterocycles. The first-order valence-corrected chi connectivity index (χ1v) is 13.6. The van der Waals surface area contributed by atoms with Gasteiger partial charge in [-0.25, -0.2) is 4.98 Å². The summed E-state index contributed by atoms with van der Waals surface area (Å²) >= 11 is 0. The number of carbonyl (C=O) groups is 2. The Morgan fingerprint density at radius 2 is 1.62 bits per heavy atom. The van der Waals surface area contributed by atoms with Crippen molar-refractivity contribution in [3.63, 3.8) is 0 Å². The van der Waals surface area contributed by atoms with Gasteiger partial charge >= 0.3 is 0 Å². The van der Waals surface area contributed by atoms with Crippen LogP contribution in [0.15, 0.2) is 91.1 Å². The topological polar surface area (TPSA) is 66.7 Å². The minimum Gasteiger partial charge on any atom is -0.360 e. The molecule has 5 rings (SSSR count). The lowest BCUT2D eigenvalue weighted by molar-refractivity contribution is -0.112. The molecule has 202 valence electrons. The summed E-state index contributed by atoms with van der Waals surface area (Å²) in [6.45, 7) is 7.00. The highest BCUT2D eigenvalue weighted by molar-refractivity contribution is 6.47. The first kappa shape index (κ1) is 26.9. The van der Waals surface area contributed by atoms with E-state index in [0.717, 1.165) is 53.1 Å². The molecule has 0 bridgehead atoms. The molecule has 6 nitrogen and oxygen atoms in total. The van der Waals surface area contributed by atoms with Gasteiger partial charge in [0, 0.05) is 42.3 Å². The third kappa shape index (κ3) is 5.96. The second-order valence-corrected chi connectivity index (χ2v) is 10.4. The first-order valence-electron chi connectivity index (χ1n) is 13.6. The van der Waals surface area contributed by atoms with Crippen LogP contribution in [0, 0.1) is 20.8 Å². The van der Waals surface area contributed by atoms with Crippen LogP contribution in [0.5, 0.6) is 0 Å². The molecular formula is C34H34N4O2. The maximum atomic E-state index is 13.5. The van der Waals surface area contributed by atoms with E-state index in [4.69, 9.17) is 0 Å². The largest absolute Gasteiger partial charge is 0.360 e. The molecule has 40 heavy (non-hydrogen) atoms. The molecule has 3 heterocycles. The summed E-state index contributed by atoms with van der Waals surface area (Å²) in [6.07, 6.45) is 3.72. The molecule has 0 atom stereocenters. The summed E-state index contributed by atoms with van der Waals surface area (Å²) in [5.74, 6) is -0.246. The minimum absolute atomic E-state index is 0.359. The number of nitrogens with one attached hydrogen (secondary N) is 1. The molecule has 3 aromatic heterocycles. The van der Waals surface area contributed by atoms with Gasteiger partial charge in [-0.3, -0.25) is 9.59 Å². The summed E-state index contributed by atoms with van der Waals surface area (Å²) in [6, 6.07) is 27.5. The van der Waals surface area contributed by atoms with Crippen LogP contribution in [0.2, 0.25) is 0 Å². The van der Waals surface area contributed by atoms with Crippen LogP contribution >= 0.6 is 0 Å². The maximum absolute atomic E-state index is 13.5. The zero-order valence-electron chi connectivity index (χ0n) is 23.4. The smallest absolute Gasteiger partial charge is 0.298 e. The molecule has 0 unspecified atom stereocenters. The molecular weight excluding hydrogens is 496 g/mol. The number of pyridine rings is 2. The van der Waals surface area contributed by atoms with Crippen molar-refractivity contribution in [3.8, 4) is 11.1 Å². The quantitative estimate of drug-likeness (QED) is 0.168. The number of hydrogen-bond acceptors (Lipinski definition) is 4. The van der Waals surface area contributed by atoms with E-state index < -0.39 is 11.7 Å². The Bertz CT molecular complexity index is 1650. The highest BCUT2D eigenvalue weighted by Crippen LogP contribution is 2.29. The molecule has 6 heteroatoms. The Balaban J connectivity index is 1.25. The van der Waals surface area contributed by atoms with Gasteiger partial charge in [0.15, 0.2) is 0 Å². The number of amides is 1. The van der Waals surface area contributed by atoms with Gasteiger partial charge in [0.25, 0.3) is 11.7 Å². The SMILES string of the molecule is Cc1cc(C)nc(N(C)CCCc2ccc(NC(=O)C(=O)c3c(-c4ccccc4)cc4cc(C)ccn34)cc2)c1. The number of aryl methyl sites for hydroxylation is 4. The Hall–Kier alpha value is -4.71. The number of Topliss-reactive ketones (excluding diaryl/α,β-unsaturated/α-hetero) is 1.